The zero-order chi connectivity index (χ0) is 5.11. The van der Waals surface area contributed by atoms with Crippen molar-refractivity contribution in [2.45, 2.75) is 0 Å². The van der Waals surface area contributed by atoms with Gasteiger partial charge in [-0.1, -0.05) is 0 Å². The van der Waals surface area contributed by atoms with E-state index in [4.69, 9.17) is 0 Å². The lowest BCUT2D eigenvalue weighted by Crippen LogP contribution is -2.08. The molecule has 0 aliphatic rings. The van der Waals surface area contributed by atoms with E-state index in [0.717, 1.165) is 0 Å². The highest BCUT2D eigenvalue weighted by molar-refractivity contribution is 4.66. The average Bonchev–Trinajstić information content (AvgIpc) is 2.14. The summed E-state index contributed by atoms with van der Waals surface area (Å²) in [6, 6.07) is 0. The first-order valence-corrected chi connectivity index (χ1v) is 1.97. The van der Waals surface area contributed by atoms with E-state index in [1.54, 1.807) is 19.4 Å². The van der Waals surface area contributed by atoms with E-state index in [0.29, 0.717) is 0 Å². The number of rotatable bonds is 1. The van der Waals surface area contributed by atoms with Crippen molar-refractivity contribution in [2.24, 2.45) is 0 Å². The van der Waals surface area contributed by atoms with E-state index < -0.39 is 0 Å². The topological polar surface area (TPSA) is 42.7 Å². The minimum absolute atomic E-state index is 1.51. The van der Waals surface area contributed by atoms with E-state index in [-0.39, 0.29) is 0 Å². The molecule has 0 saturated heterocycles. The Hall–Kier alpha value is -1.06. The molecule has 0 bridgehead atoms. The van der Waals surface area contributed by atoms with Gasteiger partial charge in [0.2, 0.25) is 0 Å². The van der Waals surface area contributed by atoms with Gasteiger partial charge in [-0.15, -0.1) is 5.10 Å². The Morgan fingerprint density at radius 1 is 1.71 bits per heavy atom. The summed E-state index contributed by atoms with van der Waals surface area (Å²) >= 11 is 0. The molecule has 4 heteroatoms. The van der Waals surface area contributed by atoms with Gasteiger partial charge in [0.1, 0.15) is 0 Å². The highest BCUT2D eigenvalue weighted by atomic mass is 15.6. The minimum Gasteiger partial charge on any atom is -0.312 e. The first-order valence-electron chi connectivity index (χ1n) is 1.97. The molecule has 0 aromatic carbocycles. The van der Waals surface area contributed by atoms with Crippen LogP contribution in [0, 0.1) is 0 Å². The third-order valence-corrected chi connectivity index (χ3v) is 0.652. The molecule has 1 N–H and O–H groups in total. The second kappa shape index (κ2) is 1.59. The largest absolute Gasteiger partial charge is 0.312 e. The third kappa shape index (κ3) is 0.677. The first-order chi connectivity index (χ1) is 3.43. The molecule has 0 fully saturated rings. The molecule has 1 heterocycles. The van der Waals surface area contributed by atoms with Crippen LogP contribution in [0.15, 0.2) is 12.4 Å². The molecule has 0 amide bonds. The Balaban J connectivity index is 2.76. The maximum absolute atomic E-state index is 3.59. The maximum Gasteiger partial charge on any atom is 0.0715 e. The number of aromatic nitrogens is 3. The lowest BCUT2D eigenvalue weighted by Gasteiger charge is -1.90. The van der Waals surface area contributed by atoms with Crippen LogP contribution in [0.1, 0.15) is 0 Å². The number of hydrogen-bond donors (Lipinski definition) is 1. The summed E-state index contributed by atoms with van der Waals surface area (Å²) < 4.78 is 0. The second-order valence-electron chi connectivity index (χ2n) is 1.07. The van der Waals surface area contributed by atoms with Gasteiger partial charge < -0.3 is 5.43 Å². The van der Waals surface area contributed by atoms with Crippen molar-refractivity contribution in [3.05, 3.63) is 12.4 Å². The predicted octanol–water partition coefficient (Wildman–Crippen LogP) is -0.549. The number of hydrogen-bond acceptors (Lipinski definition) is 3. The van der Waals surface area contributed by atoms with Gasteiger partial charge in [0.25, 0.3) is 0 Å². The quantitative estimate of drug-likeness (QED) is 0.512. The Kier molecular flexibility index (Phi) is 0.934. The molecule has 0 atom stereocenters. The molecule has 0 saturated carbocycles. The highest BCUT2D eigenvalue weighted by Crippen LogP contribution is 1.67. The minimum atomic E-state index is 1.51. The Bertz CT molecular complexity index is 121. The van der Waals surface area contributed by atoms with Gasteiger partial charge in [-0.25, -0.2) is 0 Å². The van der Waals surface area contributed by atoms with Crippen molar-refractivity contribution in [1.82, 2.24) is 15.1 Å². The van der Waals surface area contributed by atoms with E-state index >= 15 is 0 Å². The standard InChI is InChI=1S/C3H6N4/c1-4-7-3-2-5-6-7/h2-4H,1H3. The summed E-state index contributed by atoms with van der Waals surface area (Å²) in [6.07, 6.45) is 3.33. The molecule has 1 rings (SSSR count). The molecule has 38 valence electrons. The van der Waals surface area contributed by atoms with Crippen molar-refractivity contribution in [1.29, 1.82) is 0 Å². The molecule has 7 heavy (non-hydrogen) atoms. The average molecular weight is 98.1 g/mol. The SMILES string of the molecule is CNn1ccnn1. The fraction of sp³-hybridized carbons (Fsp3) is 0.333. The smallest absolute Gasteiger partial charge is 0.0715 e. The number of nitrogens with zero attached hydrogens (tertiary/aromatic N) is 3. The molecule has 0 unspecified atom stereocenters. The maximum atomic E-state index is 3.59. The van der Waals surface area contributed by atoms with Gasteiger partial charge in [-0.05, 0) is 5.21 Å². The molecule has 0 aliphatic heterocycles. The van der Waals surface area contributed by atoms with E-state index in [1.807, 2.05) is 0 Å². The van der Waals surface area contributed by atoms with E-state index in [1.165, 1.54) is 4.79 Å². The third-order valence-electron chi connectivity index (χ3n) is 0.652. The number of nitrogens with one attached hydrogen (secondary N) is 1. The molecule has 4 nitrogen and oxygen atoms in total. The van der Waals surface area contributed by atoms with Crippen LogP contribution in [-0.2, 0) is 0 Å². The van der Waals surface area contributed by atoms with Crippen LogP contribution < -0.4 is 5.43 Å². The van der Waals surface area contributed by atoms with Crippen LogP contribution in [0.5, 0.6) is 0 Å². The van der Waals surface area contributed by atoms with Crippen LogP contribution in [-0.4, -0.2) is 22.2 Å². The molecule has 0 aliphatic carbocycles. The zero-order valence-corrected chi connectivity index (χ0v) is 4.00. The summed E-state index contributed by atoms with van der Waals surface area (Å²) in [4.78, 5) is 1.51. The van der Waals surface area contributed by atoms with E-state index in [9.17, 15) is 0 Å². The normalized spacial score (nSPS) is 8.71. The lowest BCUT2D eigenvalue weighted by molar-refractivity contribution is 0.728. The van der Waals surface area contributed by atoms with Crippen LogP contribution in [0.4, 0.5) is 0 Å². The summed E-state index contributed by atoms with van der Waals surface area (Å²) in [6.45, 7) is 0. The van der Waals surface area contributed by atoms with E-state index in [2.05, 4.69) is 15.7 Å². The van der Waals surface area contributed by atoms with Crippen LogP contribution in [0.2, 0.25) is 0 Å². The van der Waals surface area contributed by atoms with Crippen molar-refractivity contribution in [3.8, 4) is 0 Å². The van der Waals surface area contributed by atoms with Crippen molar-refractivity contribution >= 4 is 0 Å². The zero-order valence-electron chi connectivity index (χ0n) is 4.00. The Labute approximate surface area is 41.1 Å². The van der Waals surface area contributed by atoms with Gasteiger partial charge in [0.15, 0.2) is 0 Å². The van der Waals surface area contributed by atoms with Crippen LogP contribution in [0.25, 0.3) is 0 Å². The van der Waals surface area contributed by atoms with Gasteiger partial charge in [0, 0.05) is 7.05 Å². The molecule has 0 spiro atoms. The van der Waals surface area contributed by atoms with Gasteiger partial charge in [0.05, 0.1) is 12.4 Å². The predicted molar refractivity (Wildman–Crippen MR) is 25.3 cm³/mol. The molecule has 1 aromatic heterocycles. The van der Waals surface area contributed by atoms with Crippen LogP contribution >= 0.6 is 0 Å². The van der Waals surface area contributed by atoms with Crippen molar-refractivity contribution in [3.63, 3.8) is 0 Å². The van der Waals surface area contributed by atoms with Crippen molar-refractivity contribution in [2.75, 3.05) is 12.5 Å². The Morgan fingerprint density at radius 2 is 2.57 bits per heavy atom. The fourth-order valence-corrected chi connectivity index (χ4v) is 0.327. The molecular formula is C3H6N4. The second-order valence-corrected chi connectivity index (χ2v) is 1.07. The summed E-state index contributed by atoms with van der Waals surface area (Å²) in [5.74, 6) is 0. The van der Waals surface area contributed by atoms with Crippen LogP contribution in [0.3, 0.4) is 0 Å². The summed E-state index contributed by atoms with van der Waals surface area (Å²) in [5.41, 5.74) is 2.75. The first kappa shape index (κ1) is 4.11. The lowest BCUT2D eigenvalue weighted by atomic mass is 11.0. The summed E-state index contributed by atoms with van der Waals surface area (Å²) in [7, 11) is 1.77. The van der Waals surface area contributed by atoms with Gasteiger partial charge in [-0.2, -0.15) is 4.79 Å². The highest BCUT2D eigenvalue weighted by Gasteiger charge is 1.76. The molecule has 1 aromatic rings. The van der Waals surface area contributed by atoms with Gasteiger partial charge in [-0.3, -0.25) is 0 Å². The fourth-order valence-electron chi connectivity index (χ4n) is 0.327. The Morgan fingerprint density at radius 3 is 2.86 bits per heavy atom. The van der Waals surface area contributed by atoms with Gasteiger partial charge >= 0.3 is 0 Å². The monoisotopic (exact) mass is 98.1 g/mol. The summed E-state index contributed by atoms with van der Waals surface area (Å²) in [5, 5.41) is 7.13. The molecule has 0 radical (unpaired) electrons. The van der Waals surface area contributed by atoms with Crippen molar-refractivity contribution < 1.29 is 0 Å². The molecular weight excluding hydrogens is 92.1 g/mol.